The third-order valence-electron chi connectivity index (χ3n) is 7.89. The fourth-order valence-electron chi connectivity index (χ4n) is 6.00. The van der Waals surface area contributed by atoms with Crippen molar-refractivity contribution in [2.24, 2.45) is 11.8 Å². The zero-order valence-electron chi connectivity index (χ0n) is 20.8. The van der Waals surface area contributed by atoms with Crippen LogP contribution in [0.5, 0.6) is 0 Å². The van der Waals surface area contributed by atoms with Crippen LogP contribution >= 0.6 is 11.6 Å². The van der Waals surface area contributed by atoms with E-state index in [0.717, 1.165) is 13.1 Å². The van der Waals surface area contributed by atoms with Crippen LogP contribution in [0, 0.1) is 23.7 Å². The number of fused-ring (bicyclic) bond motifs is 2. The summed E-state index contributed by atoms with van der Waals surface area (Å²) in [5.41, 5.74) is -1.29. The number of carbonyl (C=O) groups is 1. The maximum absolute atomic E-state index is 12.5. The first kappa shape index (κ1) is 25.1. The average Bonchev–Trinajstić information content (AvgIpc) is 3.67. The summed E-state index contributed by atoms with van der Waals surface area (Å²) in [7, 11) is 0. The minimum Gasteiger partial charge on any atom is -0.459 e. The zero-order chi connectivity index (χ0) is 26.4. The van der Waals surface area contributed by atoms with Crippen molar-refractivity contribution in [2.75, 3.05) is 24.6 Å². The lowest BCUT2D eigenvalue weighted by Crippen LogP contribution is -2.48. The molecule has 0 bridgehead atoms. The number of hydrogen-bond donors (Lipinski definition) is 2. The third-order valence-corrected chi connectivity index (χ3v) is 8.06. The quantitative estimate of drug-likeness (QED) is 0.287. The summed E-state index contributed by atoms with van der Waals surface area (Å²) >= 11 is 6.35. The fraction of sp³-hybridized carbons (Fsp3) is 0.481. The largest absolute Gasteiger partial charge is 0.459 e. The normalized spacial score (nSPS) is 30.3. The van der Waals surface area contributed by atoms with Gasteiger partial charge in [0, 0.05) is 13.1 Å². The summed E-state index contributed by atoms with van der Waals surface area (Å²) in [5, 5.41) is 27.8. The van der Waals surface area contributed by atoms with Crippen LogP contribution in [0.3, 0.4) is 0 Å². The minimum absolute atomic E-state index is 0.0516. The summed E-state index contributed by atoms with van der Waals surface area (Å²) in [6.07, 6.45) is 1.52. The van der Waals surface area contributed by atoms with Crippen molar-refractivity contribution in [1.29, 1.82) is 0 Å². The molecule has 2 saturated heterocycles. The third kappa shape index (κ3) is 4.20. The Bertz CT molecular complexity index is 1410. The van der Waals surface area contributed by atoms with Crippen LogP contribution in [0.1, 0.15) is 42.8 Å². The standard InChI is InChI=1S/C27H28ClN5O5/c1-2-11-27(36)20(15-37-25(35)16-7-4-3-5-8-16)38-24(21(27)34)33-23-19(12-29-33)22(30-26(28)31-23)32-13-17-9-6-10-18(17)14-32/h3-5,7-8,12,17-18,20-21,24,34,36H,6,9-10,13-15H2,1H3/t17-,18+,20-,21+,24-,27-/m1/s1. The molecule has 2 N–H and O–H groups in total. The van der Waals surface area contributed by atoms with Crippen LogP contribution in [0.2, 0.25) is 5.28 Å². The van der Waals surface area contributed by atoms with Crippen molar-refractivity contribution in [2.45, 2.75) is 50.2 Å². The Labute approximate surface area is 224 Å². The topological polar surface area (TPSA) is 123 Å². The molecule has 3 aromatic rings. The Hall–Kier alpha value is -3.23. The molecule has 3 fully saturated rings. The van der Waals surface area contributed by atoms with E-state index < -0.39 is 30.0 Å². The summed E-state index contributed by atoms with van der Waals surface area (Å²) in [6, 6.07) is 8.48. The smallest absolute Gasteiger partial charge is 0.338 e. The molecule has 0 unspecified atom stereocenters. The molecule has 0 amide bonds. The van der Waals surface area contributed by atoms with E-state index in [4.69, 9.17) is 21.1 Å². The molecular formula is C27H28ClN5O5. The van der Waals surface area contributed by atoms with Crippen molar-refractivity contribution in [3.8, 4) is 11.8 Å². The van der Waals surface area contributed by atoms with Gasteiger partial charge < -0.3 is 24.6 Å². The van der Waals surface area contributed by atoms with E-state index in [9.17, 15) is 15.0 Å². The van der Waals surface area contributed by atoms with Gasteiger partial charge in [0.05, 0.1) is 17.1 Å². The Balaban J connectivity index is 1.29. The fourth-order valence-corrected chi connectivity index (χ4v) is 6.16. The van der Waals surface area contributed by atoms with E-state index in [2.05, 4.69) is 31.8 Å². The molecule has 4 heterocycles. The van der Waals surface area contributed by atoms with E-state index in [-0.39, 0.29) is 11.9 Å². The molecule has 2 aromatic heterocycles. The molecule has 11 heteroatoms. The molecule has 6 atom stereocenters. The Morgan fingerprint density at radius 3 is 2.68 bits per heavy atom. The van der Waals surface area contributed by atoms with Crippen molar-refractivity contribution in [3.63, 3.8) is 0 Å². The number of anilines is 1. The molecule has 0 spiro atoms. The first-order chi connectivity index (χ1) is 18.4. The van der Waals surface area contributed by atoms with Crippen molar-refractivity contribution < 1.29 is 24.5 Å². The number of hydrogen-bond acceptors (Lipinski definition) is 9. The van der Waals surface area contributed by atoms with Crippen LogP contribution < -0.4 is 4.90 Å². The van der Waals surface area contributed by atoms with E-state index in [0.29, 0.717) is 34.3 Å². The second kappa shape index (κ2) is 9.82. The molecule has 1 saturated carbocycles. The number of nitrogens with zero attached hydrogens (tertiary/aromatic N) is 5. The van der Waals surface area contributed by atoms with Gasteiger partial charge in [-0.15, -0.1) is 5.92 Å². The van der Waals surface area contributed by atoms with Gasteiger partial charge in [0.1, 0.15) is 24.6 Å². The number of aromatic nitrogens is 4. The number of esters is 1. The maximum Gasteiger partial charge on any atom is 0.338 e. The van der Waals surface area contributed by atoms with Crippen molar-refractivity contribution >= 4 is 34.4 Å². The highest BCUT2D eigenvalue weighted by Crippen LogP contribution is 2.42. The summed E-state index contributed by atoms with van der Waals surface area (Å²) < 4.78 is 12.8. The van der Waals surface area contributed by atoms with Crippen LogP contribution in [0.25, 0.3) is 11.0 Å². The molecule has 2 aliphatic heterocycles. The Morgan fingerprint density at radius 2 is 1.97 bits per heavy atom. The molecule has 3 aliphatic rings. The number of carbonyl (C=O) groups excluding carboxylic acids is 1. The average molecular weight is 538 g/mol. The number of benzene rings is 1. The molecule has 1 aromatic carbocycles. The van der Waals surface area contributed by atoms with Gasteiger partial charge in [0.25, 0.3) is 0 Å². The molecule has 1 aliphatic carbocycles. The van der Waals surface area contributed by atoms with Crippen LogP contribution in [-0.4, -0.2) is 73.4 Å². The first-order valence-electron chi connectivity index (χ1n) is 12.8. The minimum atomic E-state index is -2.01. The first-order valence-corrected chi connectivity index (χ1v) is 13.1. The van der Waals surface area contributed by atoms with Crippen LogP contribution in [0.15, 0.2) is 36.5 Å². The van der Waals surface area contributed by atoms with Gasteiger partial charge in [0.15, 0.2) is 17.5 Å². The van der Waals surface area contributed by atoms with Gasteiger partial charge in [-0.2, -0.15) is 15.1 Å². The van der Waals surface area contributed by atoms with E-state index in [1.54, 1.807) is 43.5 Å². The molecule has 38 heavy (non-hydrogen) atoms. The van der Waals surface area contributed by atoms with Gasteiger partial charge in [-0.3, -0.25) is 0 Å². The Morgan fingerprint density at radius 1 is 1.24 bits per heavy atom. The molecule has 6 rings (SSSR count). The van der Waals surface area contributed by atoms with Gasteiger partial charge in [-0.25, -0.2) is 9.48 Å². The molecule has 198 valence electrons. The number of aliphatic hydroxyl groups is 2. The number of ether oxygens (including phenoxy) is 2. The number of aliphatic hydroxyl groups excluding tert-OH is 1. The van der Waals surface area contributed by atoms with E-state index in [1.165, 1.54) is 23.9 Å². The lowest BCUT2D eigenvalue weighted by molar-refractivity contribution is -0.0689. The lowest BCUT2D eigenvalue weighted by atomic mass is 9.93. The molecular weight excluding hydrogens is 510 g/mol. The van der Waals surface area contributed by atoms with Crippen molar-refractivity contribution in [3.05, 3.63) is 47.4 Å². The summed E-state index contributed by atoms with van der Waals surface area (Å²) in [5.74, 6) is 6.71. The van der Waals surface area contributed by atoms with Gasteiger partial charge in [0.2, 0.25) is 5.28 Å². The highest BCUT2D eigenvalue weighted by molar-refractivity contribution is 6.28. The van der Waals surface area contributed by atoms with Crippen LogP contribution in [-0.2, 0) is 9.47 Å². The molecule has 10 nitrogen and oxygen atoms in total. The van der Waals surface area contributed by atoms with Crippen molar-refractivity contribution in [1.82, 2.24) is 19.7 Å². The lowest BCUT2D eigenvalue weighted by Gasteiger charge is -2.25. The number of halogens is 1. The predicted octanol–water partition coefficient (Wildman–Crippen LogP) is 2.59. The second-order valence-corrected chi connectivity index (χ2v) is 10.5. The second-order valence-electron chi connectivity index (χ2n) is 10.1. The highest BCUT2D eigenvalue weighted by atomic mass is 35.5. The zero-order valence-corrected chi connectivity index (χ0v) is 21.6. The number of rotatable bonds is 5. The van der Waals surface area contributed by atoms with Gasteiger partial charge >= 0.3 is 5.97 Å². The monoisotopic (exact) mass is 537 g/mol. The van der Waals surface area contributed by atoms with E-state index in [1.807, 2.05) is 0 Å². The summed E-state index contributed by atoms with van der Waals surface area (Å²) in [4.78, 5) is 23.6. The SMILES string of the molecule is CC#C[C@@]1(O)[C@@H](COC(=O)c2ccccc2)O[C@@H](n2ncc3c(N4C[C@H]5CCC[C@H]5C4)nc(Cl)nc32)[C@@H]1O. The van der Waals surface area contributed by atoms with Crippen LogP contribution in [0.4, 0.5) is 5.82 Å². The molecule has 0 radical (unpaired) electrons. The Kier molecular flexibility index (Phi) is 6.48. The summed E-state index contributed by atoms with van der Waals surface area (Å²) in [6.45, 7) is 3.02. The predicted molar refractivity (Wildman–Crippen MR) is 138 cm³/mol. The van der Waals surface area contributed by atoms with Gasteiger partial charge in [-0.05, 0) is 55.3 Å². The van der Waals surface area contributed by atoms with Gasteiger partial charge in [-0.1, -0.05) is 30.5 Å². The highest BCUT2D eigenvalue weighted by Gasteiger charge is 2.56. The maximum atomic E-state index is 12.5. The van der Waals surface area contributed by atoms with E-state index >= 15 is 0 Å².